The first-order valence-corrected chi connectivity index (χ1v) is 11.5. The summed E-state index contributed by atoms with van der Waals surface area (Å²) in [5.74, 6) is 0.862. The molecular formula is C24H27ClN6O. The van der Waals surface area contributed by atoms with E-state index in [0.29, 0.717) is 22.8 Å². The van der Waals surface area contributed by atoms with Crippen molar-refractivity contribution in [1.29, 1.82) is 0 Å². The summed E-state index contributed by atoms with van der Waals surface area (Å²) >= 11 is 6.22. The molecule has 8 heteroatoms. The van der Waals surface area contributed by atoms with Crippen LogP contribution in [-0.2, 0) is 13.0 Å². The maximum Gasteiger partial charge on any atom is 0.264 e. The number of hydrogen-bond acceptors (Lipinski definition) is 6. The van der Waals surface area contributed by atoms with E-state index in [1.165, 1.54) is 5.57 Å². The van der Waals surface area contributed by atoms with E-state index >= 15 is 0 Å². The van der Waals surface area contributed by atoms with E-state index in [1.54, 1.807) is 17.0 Å². The first-order valence-electron chi connectivity index (χ1n) is 11.1. The van der Waals surface area contributed by atoms with Crippen LogP contribution in [-0.4, -0.2) is 39.5 Å². The van der Waals surface area contributed by atoms with Gasteiger partial charge in [-0.05, 0) is 57.0 Å². The second-order valence-corrected chi connectivity index (χ2v) is 9.21. The number of halogens is 1. The Morgan fingerprint density at radius 1 is 1.31 bits per heavy atom. The molecule has 0 fully saturated rings. The molecule has 0 amide bonds. The molecule has 2 aromatic heterocycles. The quantitative estimate of drug-likeness (QED) is 0.772. The van der Waals surface area contributed by atoms with Crippen LogP contribution in [0.15, 0.2) is 51.0 Å². The summed E-state index contributed by atoms with van der Waals surface area (Å²) in [5.41, 5.74) is 4.05. The van der Waals surface area contributed by atoms with Gasteiger partial charge in [-0.15, -0.1) is 0 Å². The molecule has 5 rings (SSSR count). The zero-order valence-corrected chi connectivity index (χ0v) is 19.4. The monoisotopic (exact) mass is 450 g/mol. The number of rotatable bonds is 4. The van der Waals surface area contributed by atoms with Crippen molar-refractivity contribution in [2.75, 3.05) is 18.0 Å². The van der Waals surface area contributed by atoms with Gasteiger partial charge >= 0.3 is 0 Å². The molecular weight excluding hydrogens is 424 g/mol. The molecule has 1 N–H and O–H groups in total. The van der Waals surface area contributed by atoms with Crippen LogP contribution in [0.4, 0.5) is 5.95 Å². The maximum absolute atomic E-state index is 13.2. The van der Waals surface area contributed by atoms with Gasteiger partial charge in [-0.2, -0.15) is 0 Å². The van der Waals surface area contributed by atoms with Crippen molar-refractivity contribution < 1.29 is 0 Å². The maximum atomic E-state index is 13.2. The third-order valence-corrected chi connectivity index (χ3v) is 6.93. The lowest BCUT2D eigenvalue weighted by Crippen LogP contribution is -2.41. The average molecular weight is 451 g/mol. The van der Waals surface area contributed by atoms with E-state index in [2.05, 4.69) is 46.2 Å². The molecule has 2 atom stereocenters. The molecule has 2 aromatic rings. The standard InChI is InChI=1S/C24H27ClN6O/c1-4-30-8-5-9-31-22(32)19(14-26-23(30)31)21-7-6-16(15(2)29-21)10-17-12-27-24(3)20(17)11-18(25)13-28-24/h6-7,11-14,20,27H,4-5,8-10H2,1-3H3. The van der Waals surface area contributed by atoms with E-state index in [0.717, 1.165) is 43.1 Å². The first-order chi connectivity index (χ1) is 15.4. The number of nitrogens with zero attached hydrogens (tertiary/aromatic N) is 5. The second-order valence-electron chi connectivity index (χ2n) is 8.78. The van der Waals surface area contributed by atoms with Crippen LogP contribution >= 0.6 is 11.6 Å². The summed E-state index contributed by atoms with van der Waals surface area (Å²) in [5, 5.41) is 4.05. The fourth-order valence-corrected chi connectivity index (χ4v) is 4.98. The Labute approximate surface area is 192 Å². The largest absolute Gasteiger partial charge is 0.367 e. The number of aryl methyl sites for hydroxylation is 1. The van der Waals surface area contributed by atoms with Gasteiger partial charge < -0.3 is 10.2 Å². The van der Waals surface area contributed by atoms with Crippen LogP contribution in [0.3, 0.4) is 0 Å². The highest BCUT2D eigenvalue weighted by Crippen LogP contribution is 2.38. The predicted octanol–water partition coefficient (Wildman–Crippen LogP) is 3.41. The van der Waals surface area contributed by atoms with Crippen LogP contribution in [0.5, 0.6) is 0 Å². The summed E-state index contributed by atoms with van der Waals surface area (Å²) in [6.45, 7) is 8.62. The lowest BCUT2D eigenvalue weighted by atomic mass is 9.85. The summed E-state index contributed by atoms with van der Waals surface area (Å²) in [7, 11) is 0. The molecule has 3 aliphatic rings. The molecule has 0 aliphatic carbocycles. The number of aliphatic imine (C=N–C) groups is 1. The molecule has 0 radical (unpaired) electrons. The number of aromatic nitrogens is 3. The molecule has 32 heavy (non-hydrogen) atoms. The van der Waals surface area contributed by atoms with Gasteiger partial charge in [0.15, 0.2) is 0 Å². The summed E-state index contributed by atoms with van der Waals surface area (Å²) < 4.78 is 1.78. The van der Waals surface area contributed by atoms with Crippen LogP contribution < -0.4 is 15.8 Å². The highest BCUT2D eigenvalue weighted by Gasteiger charge is 2.40. The van der Waals surface area contributed by atoms with E-state index in [1.807, 2.05) is 19.2 Å². The minimum Gasteiger partial charge on any atom is -0.367 e. The Balaban J connectivity index is 1.43. The van der Waals surface area contributed by atoms with Crippen LogP contribution in [0.25, 0.3) is 11.3 Å². The smallest absolute Gasteiger partial charge is 0.264 e. The van der Waals surface area contributed by atoms with Crippen molar-refractivity contribution in [3.8, 4) is 11.3 Å². The fraction of sp³-hybridized carbons (Fsp3) is 0.417. The first kappa shape index (κ1) is 20.9. The molecule has 7 nitrogen and oxygen atoms in total. The zero-order chi connectivity index (χ0) is 22.5. The van der Waals surface area contributed by atoms with Crippen molar-refractivity contribution in [2.24, 2.45) is 10.9 Å². The molecule has 0 saturated carbocycles. The van der Waals surface area contributed by atoms with Gasteiger partial charge in [0.05, 0.1) is 16.3 Å². The van der Waals surface area contributed by atoms with E-state index in [-0.39, 0.29) is 17.1 Å². The second kappa shape index (κ2) is 7.89. The van der Waals surface area contributed by atoms with Gasteiger partial charge in [-0.1, -0.05) is 23.7 Å². The number of hydrogen-bond donors (Lipinski definition) is 1. The van der Waals surface area contributed by atoms with Crippen LogP contribution in [0.1, 0.15) is 31.5 Å². The molecule has 2 unspecified atom stereocenters. The minimum atomic E-state index is -0.384. The molecule has 5 heterocycles. The van der Waals surface area contributed by atoms with Gasteiger partial charge in [-0.3, -0.25) is 19.3 Å². The molecule has 3 aliphatic heterocycles. The number of anilines is 1. The van der Waals surface area contributed by atoms with Crippen LogP contribution in [0.2, 0.25) is 0 Å². The summed E-state index contributed by atoms with van der Waals surface area (Å²) in [6.07, 6.45) is 9.16. The average Bonchev–Trinajstić information content (AvgIpc) is 3.11. The number of pyridine rings is 1. The van der Waals surface area contributed by atoms with Gasteiger partial charge in [0.2, 0.25) is 5.95 Å². The van der Waals surface area contributed by atoms with Crippen molar-refractivity contribution in [3.63, 3.8) is 0 Å². The van der Waals surface area contributed by atoms with Crippen LogP contribution in [0, 0.1) is 12.8 Å². The SMILES string of the molecule is CCN1CCCn2c1ncc(-c1ccc(CC3=CNC4(C)N=CC(Cl)=CC34)c(C)n1)c2=O. The topological polar surface area (TPSA) is 75.4 Å². The number of allylic oxidation sites excluding steroid dienone is 1. The normalized spacial score (nSPS) is 23.9. The zero-order valence-electron chi connectivity index (χ0n) is 18.6. The van der Waals surface area contributed by atoms with Gasteiger partial charge in [0, 0.05) is 43.7 Å². The third kappa shape index (κ3) is 3.45. The predicted molar refractivity (Wildman–Crippen MR) is 128 cm³/mol. The molecule has 0 bridgehead atoms. The number of nitrogens with one attached hydrogen (secondary N) is 1. The summed E-state index contributed by atoms with van der Waals surface area (Å²) in [4.78, 5) is 29.3. The van der Waals surface area contributed by atoms with E-state index in [9.17, 15) is 4.79 Å². The molecule has 0 aromatic carbocycles. The lowest BCUT2D eigenvalue weighted by molar-refractivity contribution is 0.376. The van der Waals surface area contributed by atoms with Gasteiger partial charge in [-0.25, -0.2) is 4.98 Å². The number of fused-ring (bicyclic) bond motifs is 2. The van der Waals surface area contributed by atoms with Gasteiger partial charge in [0.1, 0.15) is 5.66 Å². The highest BCUT2D eigenvalue weighted by molar-refractivity contribution is 6.39. The Morgan fingerprint density at radius 3 is 2.94 bits per heavy atom. The Bertz CT molecular complexity index is 1230. The molecule has 166 valence electrons. The number of dihydropyridines is 1. The van der Waals surface area contributed by atoms with E-state index < -0.39 is 0 Å². The fourth-order valence-electron chi connectivity index (χ4n) is 4.80. The van der Waals surface area contributed by atoms with Gasteiger partial charge in [0.25, 0.3) is 5.56 Å². The summed E-state index contributed by atoms with van der Waals surface area (Å²) in [6, 6.07) is 3.99. The van der Waals surface area contributed by atoms with E-state index in [4.69, 9.17) is 16.6 Å². The molecule has 0 saturated heterocycles. The van der Waals surface area contributed by atoms with Crippen molar-refractivity contribution in [3.05, 3.63) is 62.8 Å². The Morgan fingerprint density at radius 2 is 2.16 bits per heavy atom. The third-order valence-electron chi connectivity index (χ3n) is 6.70. The van der Waals surface area contributed by atoms with Crippen molar-refractivity contribution in [2.45, 2.75) is 45.8 Å². The van der Waals surface area contributed by atoms with Crippen molar-refractivity contribution >= 4 is 23.8 Å². The Kier molecular flexibility index (Phi) is 5.16. The highest BCUT2D eigenvalue weighted by atomic mass is 35.5. The lowest BCUT2D eigenvalue weighted by Gasteiger charge is -2.30. The minimum absolute atomic E-state index is 0.0221. The molecule has 0 spiro atoms. The van der Waals surface area contributed by atoms with Crippen molar-refractivity contribution in [1.82, 2.24) is 19.9 Å². The Hall–Kier alpha value is -2.93.